The Labute approximate surface area is 103 Å². The van der Waals surface area contributed by atoms with Crippen LogP contribution in [0.25, 0.3) is 6.08 Å². The molecule has 0 aliphatic carbocycles. The first-order chi connectivity index (χ1) is 8.29. The first kappa shape index (κ1) is 11.9. The van der Waals surface area contributed by atoms with E-state index >= 15 is 0 Å². The summed E-state index contributed by atoms with van der Waals surface area (Å²) in [5, 5.41) is 0. The Morgan fingerprint density at radius 3 is 2.76 bits per heavy atom. The Morgan fingerprint density at radius 2 is 2.06 bits per heavy atom. The van der Waals surface area contributed by atoms with Gasteiger partial charge in [0.2, 0.25) is 0 Å². The number of rotatable bonds is 3. The van der Waals surface area contributed by atoms with Crippen molar-refractivity contribution >= 4 is 6.08 Å². The molecule has 17 heavy (non-hydrogen) atoms. The van der Waals surface area contributed by atoms with Crippen molar-refractivity contribution in [2.75, 3.05) is 27.2 Å². The van der Waals surface area contributed by atoms with E-state index in [1.165, 1.54) is 5.57 Å². The van der Waals surface area contributed by atoms with E-state index in [0.717, 1.165) is 30.8 Å². The molecule has 2 heteroatoms. The maximum atomic E-state index is 5.32. The molecule has 0 fully saturated rings. The number of nitrogens with zero attached hydrogens (tertiary/aromatic N) is 1. The molecule has 1 aliphatic heterocycles. The van der Waals surface area contributed by atoms with Crippen LogP contribution in [0.2, 0.25) is 0 Å². The molecule has 1 aromatic rings. The average molecular weight is 229 g/mol. The van der Waals surface area contributed by atoms with Gasteiger partial charge in [0.1, 0.15) is 5.75 Å². The lowest BCUT2D eigenvalue weighted by Gasteiger charge is -2.20. The highest BCUT2D eigenvalue weighted by molar-refractivity contribution is 5.59. The summed E-state index contributed by atoms with van der Waals surface area (Å²) < 4.78 is 5.32. The summed E-state index contributed by atoms with van der Waals surface area (Å²) >= 11 is 0. The Balaban J connectivity index is 2.10. The monoisotopic (exact) mass is 229 g/mol. The van der Waals surface area contributed by atoms with E-state index in [2.05, 4.69) is 36.2 Å². The van der Waals surface area contributed by atoms with Gasteiger partial charge in [-0.15, -0.1) is 0 Å². The standard InChI is InChI=1S/C15H19NO/c1-16-11-9-13(10-12-16)7-8-14-5-3-4-6-15(14)17-2/h3-9H,10-12H2,1-2H3/b8-7-. The second-order valence-electron chi connectivity index (χ2n) is 4.37. The van der Waals surface area contributed by atoms with Crippen molar-refractivity contribution in [1.82, 2.24) is 4.90 Å². The van der Waals surface area contributed by atoms with Gasteiger partial charge in [0.25, 0.3) is 0 Å². The minimum Gasteiger partial charge on any atom is -0.496 e. The van der Waals surface area contributed by atoms with E-state index in [4.69, 9.17) is 4.74 Å². The van der Waals surface area contributed by atoms with Crippen LogP contribution in [0.5, 0.6) is 5.75 Å². The van der Waals surface area contributed by atoms with E-state index in [9.17, 15) is 0 Å². The highest BCUT2D eigenvalue weighted by atomic mass is 16.5. The molecule has 0 bridgehead atoms. The lowest BCUT2D eigenvalue weighted by Crippen LogP contribution is -2.23. The fourth-order valence-corrected chi connectivity index (χ4v) is 1.94. The molecule has 0 radical (unpaired) electrons. The third-order valence-electron chi connectivity index (χ3n) is 3.06. The molecule has 0 N–H and O–H groups in total. The van der Waals surface area contributed by atoms with Crippen LogP contribution in [0.4, 0.5) is 0 Å². The second-order valence-corrected chi connectivity index (χ2v) is 4.37. The summed E-state index contributed by atoms with van der Waals surface area (Å²) in [7, 11) is 3.86. The minimum absolute atomic E-state index is 0.928. The third kappa shape index (κ3) is 3.21. The SMILES string of the molecule is COc1ccccc1/C=C\C1=CCN(C)CC1. The first-order valence-corrected chi connectivity index (χ1v) is 5.98. The van der Waals surface area contributed by atoms with Crippen molar-refractivity contribution in [1.29, 1.82) is 0 Å². The summed E-state index contributed by atoms with van der Waals surface area (Å²) in [6.07, 6.45) is 7.75. The number of ether oxygens (including phenoxy) is 1. The number of hydrogen-bond donors (Lipinski definition) is 0. The van der Waals surface area contributed by atoms with E-state index in [1.807, 2.05) is 18.2 Å². The maximum Gasteiger partial charge on any atom is 0.126 e. The maximum absolute atomic E-state index is 5.32. The Hall–Kier alpha value is -1.54. The fourth-order valence-electron chi connectivity index (χ4n) is 1.94. The molecular formula is C15H19NO. The van der Waals surface area contributed by atoms with Gasteiger partial charge in [-0.05, 0) is 25.1 Å². The first-order valence-electron chi connectivity index (χ1n) is 5.98. The summed E-state index contributed by atoms with van der Waals surface area (Å²) in [5.41, 5.74) is 2.55. The van der Waals surface area contributed by atoms with Crippen molar-refractivity contribution in [2.45, 2.75) is 6.42 Å². The Morgan fingerprint density at radius 1 is 1.24 bits per heavy atom. The van der Waals surface area contributed by atoms with Crippen molar-refractivity contribution in [3.05, 3.63) is 47.6 Å². The molecule has 0 amide bonds. The molecule has 2 nitrogen and oxygen atoms in total. The molecular weight excluding hydrogens is 210 g/mol. The summed E-state index contributed by atoms with van der Waals surface area (Å²) in [4.78, 5) is 2.32. The van der Waals surface area contributed by atoms with Gasteiger partial charge < -0.3 is 9.64 Å². The van der Waals surface area contributed by atoms with Crippen molar-refractivity contribution in [3.8, 4) is 5.75 Å². The number of likely N-dealkylation sites (N-methyl/N-ethyl adjacent to an activating group) is 1. The predicted octanol–water partition coefficient (Wildman–Crippen LogP) is 2.97. The van der Waals surface area contributed by atoms with Gasteiger partial charge in [0.05, 0.1) is 7.11 Å². The van der Waals surface area contributed by atoms with Crippen LogP contribution in [0.3, 0.4) is 0 Å². The molecule has 2 rings (SSSR count). The molecule has 1 heterocycles. The van der Waals surface area contributed by atoms with Crippen LogP contribution < -0.4 is 4.74 Å². The smallest absolute Gasteiger partial charge is 0.126 e. The molecule has 1 aromatic carbocycles. The highest BCUT2D eigenvalue weighted by Gasteiger charge is 2.05. The molecule has 0 saturated heterocycles. The summed E-state index contributed by atoms with van der Waals surface area (Å²) in [6.45, 7) is 2.19. The van der Waals surface area contributed by atoms with Gasteiger partial charge in [-0.3, -0.25) is 0 Å². The number of para-hydroxylation sites is 1. The summed E-state index contributed by atoms with van der Waals surface area (Å²) in [6, 6.07) is 8.09. The molecule has 0 aromatic heterocycles. The van der Waals surface area contributed by atoms with Gasteiger partial charge in [-0.2, -0.15) is 0 Å². The number of methoxy groups -OCH3 is 1. The van der Waals surface area contributed by atoms with Crippen LogP contribution in [0, 0.1) is 0 Å². The molecule has 90 valence electrons. The van der Waals surface area contributed by atoms with Gasteiger partial charge in [-0.1, -0.05) is 36.4 Å². The quantitative estimate of drug-likeness (QED) is 0.790. The fraction of sp³-hybridized carbons (Fsp3) is 0.333. The van der Waals surface area contributed by atoms with Gasteiger partial charge in [0, 0.05) is 18.7 Å². The third-order valence-corrected chi connectivity index (χ3v) is 3.06. The van der Waals surface area contributed by atoms with Crippen LogP contribution in [0.15, 0.2) is 42.0 Å². The van der Waals surface area contributed by atoms with Gasteiger partial charge in [-0.25, -0.2) is 0 Å². The minimum atomic E-state index is 0.928. The van der Waals surface area contributed by atoms with Crippen LogP contribution in [-0.2, 0) is 0 Å². The zero-order valence-corrected chi connectivity index (χ0v) is 10.5. The van der Waals surface area contributed by atoms with E-state index in [0.29, 0.717) is 0 Å². The van der Waals surface area contributed by atoms with Crippen LogP contribution in [0.1, 0.15) is 12.0 Å². The van der Waals surface area contributed by atoms with Gasteiger partial charge in [0.15, 0.2) is 0 Å². The highest BCUT2D eigenvalue weighted by Crippen LogP contribution is 2.20. The molecule has 1 aliphatic rings. The second kappa shape index (κ2) is 5.69. The van der Waals surface area contributed by atoms with E-state index in [1.54, 1.807) is 7.11 Å². The normalized spacial score (nSPS) is 17.2. The lowest BCUT2D eigenvalue weighted by atomic mass is 10.1. The van der Waals surface area contributed by atoms with Crippen molar-refractivity contribution in [3.63, 3.8) is 0 Å². The molecule has 0 atom stereocenters. The average Bonchev–Trinajstić information content (AvgIpc) is 2.38. The van der Waals surface area contributed by atoms with E-state index in [-0.39, 0.29) is 0 Å². The summed E-state index contributed by atoms with van der Waals surface area (Å²) in [5.74, 6) is 0.928. The van der Waals surface area contributed by atoms with Gasteiger partial charge >= 0.3 is 0 Å². The van der Waals surface area contributed by atoms with E-state index < -0.39 is 0 Å². The van der Waals surface area contributed by atoms with Crippen molar-refractivity contribution in [2.24, 2.45) is 0 Å². The van der Waals surface area contributed by atoms with Crippen LogP contribution in [-0.4, -0.2) is 32.1 Å². The molecule has 0 spiro atoms. The van der Waals surface area contributed by atoms with Crippen LogP contribution >= 0.6 is 0 Å². The Bertz CT molecular complexity index is 434. The molecule has 0 saturated carbocycles. The number of allylic oxidation sites excluding steroid dienone is 1. The largest absolute Gasteiger partial charge is 0.496 e. The van der Waals surface area contributed by atoms with Crippen molar-refractivity contribution < 1.29 is 4.74 Å². The predicted molar refractivity (Wildman–Crippen MR) is 72.2 cm³/mol. The lowest BCUT2D eigenvalue weighted by molar-refractivity contribution is 0.361. The number of hydrogen-bond acceptors (Lipinski definition) is 2. The number of benzene rings is 1. The Kier molecular flexibility index (Phi) is 3.99. The zero-order valence-electron chi connectivity index (χ0n) is 10.5. The molecule has 0 unspecified atom stereocenters. The zero-order chi connectivity index (χ0) is 12.1. The topological polar surface area (TPSA) is 12.5 Å².